The average molecular weight is 274 g/mol. The second kappa shape index (κ2) is 6.37. The van der Waals surface area contributed by atoms with Crippen molar-refractivity contribution in [2.45, 2.75) is 50.4 Å². The quantitative estimate of drug-likeness (QED) is 0.857. The van der Waals surface area contributed by atoms with E-state index < -0.39 is 0 Å². The first-order chi connectivity index (χ1) is 9.79. The maximum atomic E-state index is 11.9. The second-order valence-electron chi connectivity index (χ2n) is 5.85. The van der Waals surface area contributed by atoms with Crippen LogP contribution in [-0.4, -0.2) is 30.6 Å². The summed E-state index contributed by atoms with van der Waals surface area (Å²) in [7, 11) is 0. The van der Waals surface area contributed by atoms with Crippen LogP contribution in [0.5, 0.6) is 0 Å². The summed E-state index contributed by atoms with van der Waals surface area (Å²) in [5, 5.41) is 6.68. The highest BCUT2D eigenvalue weighted by Crippen LogP contribution is 2.26. The van der Waals surface area contributed by atoms with Gasteiger partial charge in [0.05, 0.1) is 6.61 Å². The van der Waals surface area contributed by atoms with E-state index in [0.717, 1.165) is 18.4 Å². The average Bonchev–Trinajstić information content (AvgIpc) is 2.79. The number of carbonyl (C=O) groups excluding carboxylic acids is 1. The predicted molar refractivity (Wildman–Crippen MR) is 77.2 cm³/mol. The summed E-state index contributed by atoms with van der Waals surface area (Å²) in [6.45, 7) is 0.639. The van der Waals surface area contributed by atoms with Gasteiger partial charge in [-0.25, -0.2) is 0 Å². The van der Waals surface area contributed by atoms with Crippen molar-refractivity contribution in [1.29, 1.82) is 0 Å². The van der Waals surface area contributed by atoms with Crippen LogP contribution in [-0.2, 0) is 16.1 Å². The first-order valence-electron chi connectivity index (χ1n) is 7.46. The van der Waals surface area contributed by atoms with Gasteiger partial charge in [-0.05, 0) is 31.2 Å². The molecule has 2 bridgehead atoms. The van der Waals surface area contributed by atoms with Crippen molar-refractivity contribution in [2.75, 3.05) is 6.61 Å². The number of ether oxygens (including phenoxy) is 1. The monoisotopic (exact) mass is 274 g/mol. The fraction of sp³-hybridized carbons (Fsp3) is 0.562. The lowest BCUT2D eigenvalue weighted by atomic mass is 10.00. The molecule has 4 nitrogen and oxygen atoms in total. The van der Waals surface area contributed by atoms with E-state index in [1.165, 1.54) is 12.8 Å². The van der Waals surface area contributed by atoms with Crippen LogP contribution < -0.4 is 10.6 Å². The maximum Gasteiger partial charge on any atom is 0.246 e. The SMILES string of the molecule is O=C(COCc1ccccc1)NC1CC2CCC(C1)N2. The summed E-state index contributed by atoms with van der Waals surface area (Å²) < 4.78 is 5.46. The normalized spacial score (nSPS) is 28.3. The van der Waals surface area contributed by atoms with E-state index >= 15 is 0 Å². The third-order valence-corrected chi connectivity index (χ3v) is 4.18. The summed E-state index contributed by atoms with van der Waals surface area (Å²) in [5.74, 6) is 0.00670. The van der Waals surface area contributed by atoms with Gasteiger partial charge in [-0.15, -0.1) is 0 Å². The fourth-order valence-corrected chi connectivity index (χ4v) is 3.28. The Morgan fingerprint density at radius 2 is 1.90 bits per heavy atom. The largest absolute Gasteiger partial charge is 0.367 e. The molecule has 2 N–H and O–H groups in total. The summed E-state index contributed by atoms with van der Waals surface area (Å²) in [6.07, 6.45) is 4.62. The van der Waals surface area contributed by atoms with E-state index in [-0.39, 0.29) is 12.5 Å². The Morgan fingerprint density at radius 1 is 1.20 bits per heavy atom. The number of hydrogen-bond donors (Lipinski definition) is 2. The zero-order chi connectivity index (χ0) is 13.8. The lowest BCUT2D eigenvalue weighted by Gasteiger charge is -2.29. The minimum Gasteiger partial charge on any atom is -0.367 e. The maximum absolute atomic E-state index is 11.9. The lowest BCUT2D eigenvalue weighted by molar-refractivity contribution is -0.127. The molecular formula is C16H22N2O2. The number of rotatable bonds is 5. The molecule has 4 heteroatoms. The molecule has 2 heterocycles. The number of benzene rings is 1. The van der Waals surface area contributed by atoms with Gasteiger partial charge in [0.25, 0.3) is 0 Å². The highest BCUT2D eigenvalue weighted by molar-refractivity contribution is 5.77. The zero-order valence-corrected chi connectivity index (χ0v) is 11.7. The van der Waals surface area contributed by atoms with E-state index in [4.69, 9.17) is 4.74 Å². The summed E-state index contributed by atoms with van der Waals surface area (Å²) in [5.41, 5.74) is 1.10. The van der Waals surface area contributed by atoms with Gasteiger partial charge >= 0.3 is 0 Å². The van der Waals surface area contributed by atoms with Gasteiger partial charge in [-0.2, -0.15) is 0 Å². The Hall–Kier alpha value is -1.39. The summed E-state index contributed by atoms with van der Waals surface area (Å²) in [6, 6.07) is 11.5. The summed E-state index contributed by atoms with van der Waals surface area (Å²) >= 11 is 0. The molecule has 1 amide bonds. The van der Waals surface area contributed by atoms with Crippen molar-refractivity contribution in [3.8, 4) is 0 Å². The van der Waals surface area contributed by atoms with Gasteiger partial charge in [0.15, 0.2) is 0 Å². The first kappa shape index (κ1) is 13.6. The molecule has 2 aliphatic rings. The van der Waals surface area contributed by atoms with Gasteiger partial charge in [-0.1, -0.05) is 30.3 Å². The smallest absolute Gasteiger partial charge is 0.246 e. The predicted octanol–water partition coefficient (Wildman–Crippen LogP) is 1.60. The molecule has 2 atom stereocenters. The molecule has 0 saturated carbocycles. The van der Waals surface area contributed by atoms with Crippen LogP contribution >= 0.6 is 0 Å². The number of fused-ring (bicyclic) bond motifs is 2. The van der Waals surface area contributed by atoms with Crippen LogP contribution in [0.25, 0.3) is 0 Å². The standard InChI is InChI=1S/C16H22N2O2/c19-16(11-20-10-12-4-2-1-3-5-12)18-15-8-13-6-7-14(9-15)17-13/h1-5,13-15,17H,6-11H2,(H,18,19). The highest BCUT2D eigenvalue weighted by Gasteiger charge is 2.33. The molecule has 0 radical (unpaired) electrons. The molecule has 1 aromatic carbocycles. The van der Waals surface area contributed by atoms with Gasteiger partial charge < -0.3 is 15.4 Å². The van der Waals surface area contributed by atoms with Crippen molar-refractivity contribution in [1.82, 2.24) is 10.6 Å². The van der Waals surface area contributed by atoms with Crippen LogP contribution in [0.4, 0.5) is 0 Å². The molecule has 20 heavy (non-hydrogen) atoms. The van der Waals surface area contributed by atoms with E-state index in [1.807, 2.05) is 30.3 Å². The Kier molecular flexibility index (Phi) is 4.33. The van der Waals surface area contributed by atoms with E-state index in [2.05, 4.69) is 10.6 Å². The van der Waals surface area contributed by atoms with Gasteiger partial charge in [0, 0.05) is 18.1 Å². The molecule has 1 aromatic rings. The van der Waals surface area contributed by atoms with E-state index in [1.54, 1.807) is 0 Å². The molecule has 2 aliphatic heterocycles. The van der Waals surface area contributed by atoms with Crippen molar-refractivity contribution in [2.24, 2.45) is 0 Å². The van der Waals surface area contributed by atoms with Crippen molar-refractivity contribution >= 4 is 5.91 Å². The number of carbonyl (C=O) groups is 1. The molecule has 2 unspecified atom stereocenters. The molecule has 2 saturated heterocycles. The van der Waals surface area contributed by atoms with Gasteiger partial charge in [0.2, 0.25) is 5.91 Å². The molecule has 2 fully saturated rings. The topological polar surface area (TPSA) is 50.4 Å². The van der Waals surface area contributed by atoms with E-state index in [9.17, 15) is 4.79 Å². The Balaban J connectivity index is 1.37. The van der Waals surface area contributed by atoms with Crippen molar-refractivity contribution in [3.63, 3.8) is 0 Å². The van der Waals surface area contributed by atoms with Crippen molar-refractivity contribution < 1.29 is 9.53 Å². The van der Waals surface area contributed by atoms with Crippen LogP contribution in [0.2, 0.25) is 0 Å². The minimum absolute atomic E-state index is 0.00670. The van der Waals surface area contributed by atoms with Crippen LogP contribution in [0.1, 0.15) is 31.2 Å². The number of piperidine rings is 1. The summed E-state index contributed by atoms with van der Waals surface area (Å²) in [4.78, 5) is 11.9. The molecular weight excluding hydrogens is 252 g/mol. The van der Waals surface area contributed by atoms with Gasteiger partial charge in [0.1, 0.15) is 6.61 Å². The molecule has 108 valence electrons. The number of hydrogen-bond acceptors (Lipinski definition) is 3. The van der Waals surface area contributed by atoms with E-state index in [0.29, 0.717) is 24.7 Å². The van der Waals surface area contributed by atoms with Gasteiger partial charge in [-0.3, -0.25) is 4.79 Å². The highest BCUT2D eigenvalue weighted by atomic mass is 16.5. The Morgan fingerprint density at radius 3 is 2.60 bits per heavy atom. The number of amides is 1. The second-order valence-corrected chi connectivity index (χ2v) is 5.85. The first-order valence-corrected chi connectivity index (χ1v) is 7.46. The molecule has 0 aromatic heterocycles. The fourth-order valence-electron chi connectivity index (χ4n) is 3.28. The third kappa shape index (κ3) is 3.58. The number of nitrogens with one attached hydrogen (secondary N) is 2. The van der Waals surface area contributed by atoms with Crippen LogP contribution in [0.3, 0.4) is 0 Å². The zero-order valence-electron chi connectivity index (χ0n) is 11.7. The molecule has 0 spiro atoms. The van der Waals surface area contributed by atoms with Crippen LogP contribution in [0, 0.1) is 0 Å². The van der Waals surface area contributed by atoms with Crippen LogP contribution in [0.15, 0.2) is 30.3 Å². The Labute approximate surface area is 119 Å². The van der Waals surface area contributed by atoms with Crippen molar-refractivity contribution in [3.05, 3.63) is 35.9 Å². The minimum atomic E-state index is 0.00670. The Bertz CT molecular complexity index is 437. The lowest BCUT2D eigenvalue weighted by Crippen LogP contribution is -2.48. The molecule has 0 aliphatic carbocycles. The molecule has 3 rings (SSSR count). The third-order valence-electron chi connectivity index (χ3n) is 4.18.